The van der Waals surface area contributed by atoms with Gasteiger partial charge in [-0.15, -0.1) is 0 Å². The van der Waals surface area contributed by atoms with E-state index in [0.29, 0.717) is 17.9 Å². The SMILES string of the molecule is Cc1ccc(Cl)cc1C(CCCO)N=[N+]=[N-]. The summed E-state index contributed by atoms with van der Waals surface area (Å²) in [6.07, 6.45) is 1.23. The van der Waals surface area contributed by atoms with E-state index in [9.17, 15) is 0 Å². The van der Waals surface area contributed by atoms with E-state index in [2.05, 4.69) is 10.0 Å². The Morgan fingerprint density at radius 1 is 1.56 bits per heavy atom. The summed E-state index contributed by atoms with van der Waals surface area (Å²) >= 11 is 5.91. The number of aryl methyl sites for hydroxylation is 1. The Bertz CT molecular complexity index is 402. The van der Waals surface area contributed by atoms with Gasteiger partial charge in [0.1, 0.15) is 0 Å². The summed E-state index contributed by atoms with van der Waals surface area (Å²) in [7, 11) is 0. The van der Waals surface area contributed by atoms with Crippen molar-refractivity contribution in [2.24, 2.45) is 5.11 Å². The van der Waals surface area contributed by atoms with Gasteiger partial charge in [-0.25, -0.2) is 0 Å². The number of nitrogens with zero attached hydrogens (tertiary/aromatic N) is 3. The zero-order valence-electron chi connectivity index (χ0n) is 9.10. The lowest BCUT2D eigenvalue weighted by Gasteiger charge is -2.14. The van der Waals surface area contributed by atoms with Gasteiger partial charge in [0.25, 0.3) is 0 Å². The molecule has 4 nitrogen and oxygen atoms in total. The summed E-state index contributed by atoms with van der Waals surface area (Å²) in [6.45, 7) is 2.04. The molecule has 0 saturated heterocycles. The second-order valence-corrected chi connectivity index (χ2v) is 4.02. The summed E-state index contributed by atoms with van der Waals surface area (Å²) in [5, 5.41) is 13.2. The van der Waals surface area contributed by atoms with Crippen molar-refractivity contribution in [3.63, 3.8) is 0 Å². The third-order valence-electron chi connectivity index (χ3n) is 2.43. The van der Waals surface area contributed by atoms with Gasteiger partial charge in [0.15, 0.2) is 0 Å². The largest absolute Gasteiger partial charge is 0.396 e. The Kier molecular flexibility index (Phi) is 5.12. The van der Waals surface area contributed by atoms with Crippen LogP contribution in [0.1, 0.15) is 30.0 Å². The fraction of sp³-hybridized carbons (Fsp3) is 0.455. The standard InChI is InChI=1S/C11H14ClN3O/c1-8-4-5-9(12)7-10(8)11(14-15-13)3-2-6-16/h4-5,7,11,16H,2-3,6H2,1H3. The van der Waals surface area contributed by atoms with Crippen LogP contribution < -0.4 is 0 Å². The quantitative estimate of drug-likeness (QED) is 0.474. The van der Waals surface area contributed by atoms with Crippen LogP contribution in [0.15, 0.2) is 23.3 Å². The molecular weight excluding hydrogens is 226 g/mol. The highest BCUT2D eigenvalue weighted by atomic mass is 35.5. The van der Waals surface area contributed by atoms with Crippen LogP contribution in [0.4, 0.5) is 0 Å². The van der Waals surface area contributed by atoms with E-state index in [0.717, 1.165) is 11.1 Å². The van der Waals surface area contributed by atoms with Crippen molar-refractivity contribution in [1.29, 1.82) is 0 Å². The minimum Gasteiger partial charge on any atom is -0.396 e. The van der Waals surface area contributed by atoms with Crippen LogP contribution in [0, 0.1) is 6.92 Å². The van der Waals surface area contributed by atoms with E-state index < -0.39 is 0 Å². The van der Waals surface area contributed by atoms with E-state index in [1.54, 1.807) is 6.07 Å². The lowest BCUT2D eigenvalue weighted by Crippen LogP contribution is -1.99. The van der Waals surface area contributed by atoms with Crippen molar-refractivity contribution >= 4 is 11.6 Å². The lowest BCUT2D eigenvalue weighted by molar-refractivity contribution is 0.280. The fourth-order valence-corrected chi connectivity index (χ4v) is 1.77. The van der Waals surface area contributed by atoms with Crippen LogP contribution in [-0.2, 0) is 0 Å². The van der Waals surface area contributed by atoms with Crippen molar-refractivity contribution in [1.82, 2.24) is 0 Å². The average molecular weight is 240 g/mol. The van der Waals surface area contributed by atoms with Crippen molar-refractivity contribution < 1.29 is 5.11 Å². The normalized spacial score (nSPS) is 11.9. The number of azide groups is 1. The van der Waals surface area contributed by atoms with Crippen LogP contribution in [0.25, 0.3) is 10.4 Å². The van der Waals surface area contributed by atoms with Gasteiger partial charge in [-0.3, -0.25) is 0 Å². The molecule has 1 aromatic rings. The summed E-state index contributed by atoms with van der Waals surface area (Å²) < 4.78 is 0. The molecule has 1 aromatic carbocycles. The van der Waals surface area contributed by atoms with Crippen molar-refractivity contribution in [2.45, 2.75) is 25.8 Å². The van der Waals surface area contributed by atoms with Crippen molar-refractivity contribution in [3.8, 4) is 0 Å². The summed E-state index contributed by atoms with van der Waals surface area (Å²) in [6, 6.07) is 5.26. The van der Waals surface area contributed by atoms with Crippen molar-refractivity contribution in [3.05, 3.63) is 44.8 Å². The van der Waals surface area contributed by atoms with Gasteiger partial charge in [-0.1, -0.05) is 22.8 Å². The predicted octanol–water partition coefficient (Wildman–Crippen LogP) is 3.77. The molecule has 16 heavy (non-hydrogen) atoms. The van der Waals surface area contributed by atoms with Gasteiger partial charge < -0.3 is 5.11 Å². The van der Waals surface area contributed by atoms with Crippen molar-refractivity contribution in [2.75, 3.05) is 6.61 Å². The molecular formula is C11H14ClN3O. The maximum atomic E-state index is 8.79. The number of aliphatic hydroxyl groups excluding tert-OH is 1. The number of aliphatic hydroxyl groups is 1. The van der Waals surface area contributed by atoms with E-state index in [1.807, 2.05) is 19.1 Å². The lowest BCUT2D eigenvalue weighted by atomic mass is 9.98. The summed E-state index contributed by atoms with van der Waals surface area (Å²) in [5.41, 5.74) is 10.5. The monoisotopic (exact) mass is 239 g/mol. The first-order valence-corrected chi connectivity index (χ1v) is 5.48. The molecule has 0 heterocycles. The van der Waals surface area contributed by atoms with Crippen LogP contribution in [0.5, 0.6) is 0 Å². The van der Waals surface area contributed by atoms with Gasteiger partial charge in [0.2, 0.25) is 0 Å². The van der Waals surface area contributed by atoms with Gasteiger partial charge in [-0.05, 0) is 48.6 Å². The third kappa shape index (κ3) is 3.42. The van der Waals surface area contributed by atoms with Gasteiger partial charge in [0.05, 0.1) is 6.04 Å². The molecule has 0 aliphatic carbocycles. The Labute approximate surface area is 99.5 Å². The zero-order valence-corrected chi connectivity index (χ0v) is 9.85. The van der Waals surface area contributed by atoms with E-state index in [4.69, 9.17) is 22.2 Å². The molecule has 1 N–H and O–H groups in total. The molecule has 0 fully saturated rings. The molecule has 0 bridgehead atoms. The fourth-order valence-electron chi connectivity index (χ4n) is 1.59. The molecule has 0 aromatic heterocycles. The molecule has 1 rings (SSSR count). The zero-order chi connectivity index (χ0) is 12.0. The Balaban J connectivity index is 2.99. The molecule has 1 atom stereocenters. The highest BCUT2D eigenvalue weighted by Crippen LogP contribution is 2.28. The maximum Gasteiger partial charge on any atom is 0.0629 e. The van der Waals surface area contributed by atoms with Gasteiger partial charge in [-0.2, -0.15) is 0 Å². The number of benzene rings is 1. The van der Waals surface area contributed by atoms with Gasteiger partial charge in [0, 0.05) is 16.5 Å². The number of hydrogen-bond acceptors (Lipinski definition) is 2. The molecule has 0 radical (unpaired) electrons. The van der Waals surface area contributed by atoms with Crippen LogP contribution >= 0.6 is 11.6 Å². The topological polar surface area (TPSA) is 69.0 Å². The third-order valence-corrected chi connectivity index (χ3v) is 2.66. The second-order valence-electron chi connectivity index (χ2n) is 3.59. The molecule has 0 aliphatic heterocycles. The highest BCUT2D eigenvalue weighted by molar-refractivity contribution is 6.30. The first-order valence-electron chi connectivity index (χ1n) is 5.10. The number of hydrogen-bond donors (Lipinski definition) is 1. The molecule has 5 heteroatoms. The number of rotatable bonds is 5. The maximum absolute atomic E-state index is 8.79. The van der Waals surface area contributed by atoms with Crippen LogP contribution in [0.2, 0.25) is 5.02 Å². The molecule has 86 valence electrons. The molecule has 0 aliphatic rings. The minimum absolute atomic E-state index is 0.0943. The van der Waals surface area contributed by atoms with E-state index in [1.165, 1.54) is 0 Å². The molecule has 0 amide bonds. The minimum atomic E-state index is -0.254. The first kappa shape index (κ1) is 12.8. The Morgan fingerprint density at radius 3 is 2.94 bits per heavy atom. The van der Waals surface area contributed by atoms with Gasteiger partial charge >= 0.3 is 0 Å². The first-order chi connectivity index (χ1) is 7.69. The highest BCUT2D eigenvalue weighted by Gasteiger charge is 2.12. The number of halogens is 1. The van der Waals surface area contributed by atoms with Crippen LogP contribution in [0.3, 0.4) is 0 Å². The van der Waals surface area contributed by atoms with E-state index >= 15 is 0 Å². The Hall–Kier alpha value is -1.22. The molecule has 0 saturated carbocycles. The Morgan fingerprint density at radius 2 is 2.31 bits per heavy atom. The van der Waals surface area contributed by atoms with Crippen LogP contribution in [-0.4, -0.2) is 11.7 Å². The van der Waals surface area contributed by atoms with E-state index in [-0.39, 0.29) is 12.6 Å². The molecule has 1 unspecified atom stereocenters. The summed E-state index contributed by atoms with van der Waals surface area (Å²) in [4.78, 5) is 2.84. The molecule has 0 spiro atoms. The predicted molar refractivity (Wildman–Crippen MR) is 64.4 cm³/mol. The smallest absolute Gasteiger partial charge is 0.0629 e. The summed E-state index contributed by atoms with van der Waals surface area (Å²) in [5.74, 6) is 0. The average Bonchev–Trinajstić information content (AvgIpc) is 2.28. The second kappa shape index (κ2) is 6.38.